The van der Waals surface area contributed by atoms with Crippen molar-refractivity contribution in [2.45, 2.75) is 0 Å². The molecule has 0 aromatic carbocycles. The quantitative estimate of drug-likeness (QED) is 0.644. The summed E-state index contributed by atoms with van der Waals surface area (Å²) in [7, 11) is 2.77. The van der Waals surface area contributed by atoms with E-state index in [0.717, 1.165) is 0 Å². The summed E-state index contributed by atoms with van der Waals surface area (Å²) in [6.07, 6.45) is 1.53. The van der Waals surface area contributed by atoms with Crippen LogP contribution in [0.25, 0.3) is 11.5 Å². The zero-order valence-corrected chi connectivity index (χ0v) is 11.4. The monoisotopic (exact) mass is 311 g/mol. The lowest BCUT2D eigenvalue weighted by atomic mass is 10.2. The van der Waals surface area contributed by atoms with E-state index in [2.05, 4.69) is 20.9 Å². The number of hydrogen-bond donors (Lipinski definition) is 0. The molecule has 0 bridgehead atoms. The maximum atomic E-state index is 11.7. The summed E-state index contributed by atoms with van der Waals surface area (Å²) in [6.45, 7) is 0. The van der Waals surface area contributed by atoms with Gasteiger partial charge in [0.25, 0.3) is 0 Å². The minimum Gasteiger partial charge on any atom is -0.493 e. The molecule has 0 aliphatic rings. The Morgan fingerprint density at radius 3 is 2.78 bits per heavy atom. The Morgan fingerprint density at radius 1 is 1.44 bits per heavy atom. The Kier molecular flexibility index (Phi) is 3.66. The van der Waals surface area contributed by atoms with Gasteiger partial charge in [0.1, 0.15) is 15.9 Å². The highest BCUT2D eigenvalue weighted by molar-refractivity contribution is 9.10. The molecule has 0 amide bonds. The first kappa shape index (κ1) is 12.6. The van der Waals surface area contributed by atoms with Gasteiger partial charge in [-0.25, -0.2) is 9.78 Å². The second kappa shape index (κ2) is 5.22. The van der Waals surface area contributed by atoms with Gasteiger partial charge in [-0.15, -0.1) is 0 Å². The predicted octanol–water partition coefficient (Wildman–Crippen LogP) is 2.90. The van der Waals surface area contributed by atoms with Crippen molar-refractivity contribution in [2.75, 3.05) is 14.2 Å². The van der Waals surface area contributed by atoms with Crippen LogP contribution < -0.4 is 4.74 Å². The van der Waals surface area contributed by atoms with Crippen LogP contribution in [-0.4, -0.2) is 25.2 Å². The average molecular weight is 312 g/mol. The van der Waals surface area contributed by atoms with Gasteiger partial charge in [0.05, 0.1) is 20.5 Å². The molecule has 0 aliphatic carbocycles. The van der Waals surface area contributed by atoms with Crippen molar-refractivity contribution in [2.24, 2.45) is 0 Å². The van der Waals surface area contributed by atoms with Crippen LogP contribution in [0.2, 0.25) is 0 Å². The lowest BCUT2D eigenvalue weighted by molar-refractivity contribution is 0.0597. The van der Waals surface area contributed by atoms with Crippen molar-refractivity contribution < 1.29 is 18.7 Å². The predicted molar refractivity (Wildman–Crippen MR) is 67.5 cm³/mol. The van der Waals surface area contributed by atoms with E-state index >= 15 is 0 Å². The second-order valence-electron chi connectivity index (χ2n) is 3.35. The van der Waals surface area contributed by atoms with E-state index in [9.17, 15) is 4.79 Å². The first-order valence-electron chi connectivity index (χ1n) is 5.04. The molecule has 0 saturated carbocycles. The summed E-state index contributed by atoms with van der Waals surface area (Å²) in [4.78, 5) is 15.9. The van der Waals surface area contributed by atoms with Crippen LogP contribution in [0, 0.1) is 0 Å². The van der Waals surface area contributed by atoms with Gasteiger partial charge in [0.15, 0.2) is 11.5 Å². The summed E-state index contributed by atoms with van der Waals surface area (Å²) in [6, 6.07) is 5.06. The minimum atomic E-state index is -0.497. The molecule has 94 valence electrons. The standard InChI is InChI=1S/C12H10BrNO4/c1-16-10-7(12(15)17-2)6-8(14-11(10)13)9-4-3-5-18-9/h3-6H,1-2H3. The van der Waals surface area contributed by atoms with Crippen molar-refractivity contribution in [1.82, 2.24) is 4.98 Å². The number of nitrogens with zero attached hydrogens (tertiary/aromatic N) is 1. The van der Waals surface area contributed by atoms with E-state index in [1.165, 1.54) is 20.5 Å². The number of aromatic nitrogens is 1. The van der Waals surface area contributed by atoms with E-state index in [4.69, 9.17) is 13.9 Å². The topological polar surface area (TPSA) is 61.6 Å². The molecule has 0 saturated heterocycles. The normalized spacial score (nSPS) is 10.2. The number of halogens is 1. The Balaban J connectivity index is 2.59. The fourth-order valence-electron chi connectivity index (χ4n) is 1.51. The highest BCUT2D eigenvalue weighted by atomic mass is 79.9. The molecule has 0 radical (unpaired) electrons. The molecular weight excluding hydrogens is 302 g/mol. The van der Waals surface area contributed by atoms with E-state index < -0.39 is 5.97 Å². The number of rotatable bonds is 3. The van der Waals surface area contributed by atoms with Gasteiger partial charge < -0.3 is 13.9 Å². The maximum Gasteiger partial charge on any atom is 0.341 e. The molecule has 2 aromatic heterocycles. The van der Waals surface area contributed by atoms with Gasteiger partial charge in [-0.2, -0.15) is 0 Å². The molecule has 2 aromatic rings. The van der Waals surface area contributed by atoms with Gasteiger partial charge in [-0.05, 0) is 34.1 Å². The molecule has 0 aliphatic heterocycles. The fourth-order valence-corrected chi connectivity index (χ4v) is 2.07. The Hall–Kier alpha value is -1.82. The summed E-state index contributed by atoms with van der Waals surface area (Å²) < 4.78 is 15.5. The molecule has 0 spiro atoms. The lowest BCUT2D eigenvalue weighted by Gasteiger charge is -2.09. The SMILES string of the molecule is COC(=O)c1cc(-c2ccco2)nc(Br)c1OC. The number of esters is 1. The van der Waals surface area contributed by atoms with Crippen molar-refractivity contribution in [1.29, 1.82) is 0 Å². The van der Waals surface area contributed by atoms with E-state index in [0.29, 0.717) is 21.8 Å². The summed E-state index contributed by atoms with van der Waals surface area (Å²) in [5.74, 6) is 0.392. The first-order chi connectivity index (χ1) is 8.67. The van der Waals surface area contributed by atoms with Crippen LogP contribution in [0.5, 0.6) is 5.75 Å². The highest BCUT2D eigenvalue weighted by Gasteiger charge is 2.19. The number of methoxy groups -OCH3 is 2. The number of carbonyl (C=O) groups is 1. The average Bonchev–Trinajstić information content (AvgIpc) is 2.90. The van der Waals surface area contributed by atoms with E-state index in [1.54, 1.807) is 18.2 Å². The highest BCUT2D eigenvalue weighted by Crippen LogP contribution is 2.32. The van der Waals surface area contributed by atoms with Gasteiger partial charge in [-0.3, -0.25) is 0 Å². The van der Waals surface area contributed by atoms with E-state index in [1.807, 2.05) is 0 Å². The van der Waals surface area contributed by atoms with Gasteiger partial charge in [0.2, 0.25) is 0 Å². The molecule has 2 heterocycles. The van der Waals surface area contributed by atoms with Crippen LogP contribution >= 0.6 is 15.9 Å². The van der Waals surface area contributed by atoms with Crippen LogP contribution in [0.1, 0.15) is 10.4 Å². The Morgan fingerprint density at radius 2 is 2.22 bits per heavy atom. The van der Waals surface area contributed by atoms with Gasteiger partial charge in [-0.1, -0.05) is 0 Å². The summed E-state index contributed by atoms with van der Waals surface area (Å²) >= 11 is 3.26. The molecule has 0 unspecified atom stereocenters. The minimum absolute atomic E-state index is 0.285. The zero-order chi connectivity index (χ0) is 13.1. The first-order valence-corrected chi connectivity index (χ1v) is 5.83. The van der Waals surface area contributed by atoms with Crippen LogP contribution in [-0.2, 0) is 4.74 Å². The molecule has 6 heteroatoms. The number of pyridine rings is 1. The third kappa shape index (κ3) is 2.24. The van der Waals surface area contributed by atoms with Crippen LogP contribution in [0.15, 0.2) is 33.5 Å². The molecular formula is C12H10BrNO4. The Labute approximate surface area is 112 Å². The summed E-state index contributed by atoms with van der Waals surface area (Å²) in [5, 5.41) is 0. The number of carbonyl (C=O) groups excluding carboxylic acids is 1. The van der Waals surface area contributed by atoms with Gasteiger partial charge in [0, 0.05) is 0 Å². The number of furan rings is 1. The number of hydrogen-bond acceptors (Lipinski definition) is 5. The van der Waals surface area contributed by atoms with Crippen LogP contribution in [0.3, 0.4) is 0 Å². The third-order valence-corrected chi connectivity index (χ3v) is 2.85. The largest absolute Gasteiger partial charge is 0.493 e. The summed E-state index contributed by atoms with van der Waals surface area (Å²) in [5.41, 5.74) is 0.807. The maximum absolute atomic E-state index is 11.7. The number of ether oxygens (including phenoxy) is 2. The molecule has 0 N–H and O–H groups in total. The zero-order valence-electron chi connectivity index (χ0n) is 9.77. The fraction of sp³-hybridized carbons (Fsp3) is 0.167. The molecule has 5 nitrogen and oxygen atoms in total. The smallest absolute Gasteiger partial charge is 0.341 e. The molecule has 0 fully saturated rings. The lowest BCUT2D eigenvalue weighted by Crippen LogP contribution is -2.06. The van der Waals surface area contributed by atoms with Gasteiger partial charge >= 0.3 is 5.97 Å². The van der Waals surface area contributed by atoms with Crippen molar-refractivity contribution in [3.8, 4) is 17.2 Å². The molecule has 18 heavy (non-hydrogen) atoms. The van der Waals surface area contributed by atoms with E-state index in [-0.39, 0.29) is 5.56 Å². The third-order valence-electron chi connectivity index (χ3n) is 2.31. The molecule has 2 rings (SSSR count). The molecule has 0 atom stereocenters. The van der Waals surface area contributed by atoms with Crippen molar-refractivity contribution in [3.63, 3.8) is 0 Å². The van der Waals surface area contributed by atoms with Crippen LogP contribution in [0.4, 0.5) is 0 Å². The second-order valence-corrected chi connectivity index (χ2v) is 4.10. The van der Waals surface area contributed by atoms with Crippen molar-refractivity contribution >= 4 is 21.9 Å². The van der Waals surface area contributed by atoms with Crippen molar-refractivity contribution in [3.05, 3.63) is 34.6 Å². The Bertz CT molecular complexity index is 566.